The number of halogens is 3. The average molecular weight is 370 g/mol. The molecule has 0 saturated carbocycles. The van der Waals surface area contributed by atoms with Gasteiger partial charge in [-0.25, -0.2) is 4.98 Å². The molecule has 138 valence electrons. The van der Waals surface area contributed by atoms with Gasteiger partial charge >= 0.3 is 6.36 Å². The van der Waals surface area contributed by atoms with E-state index in [4.69, 9.17) is 15.0 Å². The molecule has 0 radical (unpaired) electrons. The zero-order chi connectivity index (χ0) is 18.6. The summed E-state index contributed by atoms with van der Waals surface area (Å²) in [5.74, 6) is 0.200. The molecule has 9 nitrogen and oxygen atoms in total. The molecule has 2 aromatic heterocycles. The first kappa shape index (κ1) is 17.8. The maximum absolute atomic E-state index is 12.5. The lowest BCUT2D eigenvalue weighted by atomic mass is 10.1. The van der Waals surface area contributed by atoms with Crippen molar-refractivity contribution in [2.45, 2.75) is 25.6 Å². The van der Waals surface area contributed by atoms with Crippen molar-refractivity contribution in [1.82, 2.24) is 25.3 Å². The molecular formula is C14H13F3N6O3. The van der Waals surface area contributed by atoms with Crippen LogP contribution >= 0.6 is 0 Å². The average Bonchev–Trinajstić information content (AvgIpc) is 3.25. The molecular weight excluding hydrogens is 357 g/mol. The number of nitrogens with two attached hydrogens (primary N) is 1. The number of hydrogen-bond donors (Lipinski definition) is 2. The number of nitrogens with one attached hydrogen (secondary N) is 1. The summed E-state index contributed by atoms with van der Waals surface area (Å²) in [5, 5.41) is 9.96. The summed E-state index contributed by atoms with van der Waals surface area (Å²) in [5.41, 5.74) is 6.03. The second-order valence-corrected chi connectivity index (χ2v) is 5.03. The molecule has 1 atom stereocenters. The number of alkyl halides is 3. The summed E-state index contributed by atoms with van der Waals surface area (Å²) < 4.78 is 51.8. The maximum atomic E-state index is 12.5. The van der Waals surface area contributed by atoms with Crippen LogP contribution in [-0.4, -0.2) is 31.7 Å². The van der Waals surface area contributed by atoms with Crippen LogP contribution < -0.4 is 10.5 Å². The molecule has 3 aromatic rings. The molecule has 0 bridgehead atoms. The standard InChI is InChI=1S/C14H13F3N6O3/c15-14(16,17)25-9-4-2-1-3-8(9)12(18)13-21-11(26-23-13)6-24-5-10-19-7-20-22-10/h1-4,7,12H,5-6,18H2,(H,19,20,22). The van der Waals surface area contributed by atoms with Gasteiger partial charge in [0.05, 0.1) is 6.04 Å². The molecule has 0 fully saturated rings. The van der Waals surface area contributed by atoms with Gasteiger partial charge in [0, 0.05) is 5.56 Å². The van der Waals surface area contributed by atoms with E-state index in [9.17, 15) is 13.2 Å². The van der Waals surface area contributed by atoms with Gasteiger partial charge in [-0.05, 0) is 6.07 Å². The smallest absolute Gasteiger partial charge is 0.405 e. The second kappa shape index (κ2) is 7.49. The molecule has 1 aromatic carbocycles. The molecule has 3 N–H and O–H groups in total. The van der Waals surface area contributed by atoms with E-state index in [1.165, 1.54) is 24.5 Å². The highest BCUT2D eigenvalue weighted by molar-refractivity contribution is 5.38. The Labute approximate surface area is 144 Å². The van der Waals surface area contributed by atoms with E-state index in [-0.39, 0.29) is 30.5 Å². The summed E-state index contributed by atoms with van der Waals surface area (Å²) in [6.07, 6.45) is -3.50. The third-order valence-corrected chi connectivity index (χ3v) is 3.17. The van der Waals surface area contributed by atoms with Crippen molar-refractivity contribution in [1.29, 1.82) is 0 Å². The van der Waals surface area contributed by atoms with E-state index in [0.29, 0.717) is 5.82 Å². The molecule has 12 heteroatoms. The van der Waals surface area contributed by atoms with Crippen molar-refractivity contribution in [3.05, 3.63) is 53.7 Å². The highest BCUT2D eigenvalue weighted by Gasteiger charge is 2.33. The van der Waals surface area contributed by atoms with Crippen LogP contribution in [0.5, 0.6) is 5.75 Å². The number of benzene rings is 1. The number of nitrogens with zero attached hydrogens (tertiary/aromatic N) is 4. The molecule has 2 heterocycles. The highest BCUT2D eigenvalue weighted by Crippen LogP contribution is 2.31. The molecule has 0 aliphatic heterocycles. The first-order valence-electron chi connectivity index (χ1n) is 7.27. The Morgan fingerprint density at radius 2 is 2.04 bits per heavy atom. The number of ether oxygens (including phenoxy) is 2. The van der Waals surface area contributed by atoms with Crippen molar-refractivity contribution >= 4 is 0 Å². The predicted octanol–water partition coefficient (Wildman–Crippen LogP) is 1.85. The van der Waals surface area contributed by atoms with Crippen molar-refractivity contribution < 1.29 is 27.2 Å². The molecule has 0 amide bonds. The fourth-order valence-electron chi connectivity index (χ4n) is 2.08. The van der Waals surface area contributed by atoms with E-state index in [1.807, 2.05) is 0 Å². The number of aromatic amines is 1. The van der Waals surface area contributed by atoms with Crippen LogP contribution in [0.3, 0.4) is 0 Å². The van der Waals surface area contributed by atoms with Gasteiger partial charge in [0.15, 0.2) is 5.82 Å². The number of aromatic nitrogens is 5. The van der Waals surface area contributed by atoms with Crippen LogP contribution in [0.4, 0.5) is 13.2 Å². The fourth-order valence-corrected chi connectivity index (χ4v) is 2.08. The minimum absolute atomic E-state index is 0.00138. The Balaban J connectivity index is 1.67. The Morgan fingerprint density at radius 3 is 2.77 bits per heavy atom. The summed E-state index contributed by atoms with van der Waals surface area (Å²) >= 11 is 0. The Kier molecular flexibility index (Phi) is 5.14. The van der Waals surface area contributed by atoms with Crippen molar-refractivity contribution in [2.75, 3.05) is 0 Å². The Hall–Kier alpha value is -2.99. The zero-order valence-electron chi connectivity index (χ0n) is 13.1. The van der Waals surface area contributed by atoms with Gasteiger partial charge < -0.3 is 19.7 Å². The first-order valence-corrected chi connectivity index (χ1v) is 7.27. The minimum Gasteiger partial charge on any atom is -0.405 e. The van der Waals surface area contributed by atoms with Gasteiger partial charge in [0.1, 0.15) is 31.1 Å². The van der Waals surface area contributed by atoms with Gasteiger partial charge in [-0.3, -0.25) is 5.10 Å². The van der Waals surface area contributed by atoms with E-state index >= 15 is 0 Å². The molecule has 0 saturated heterocycles. The van der Waals surface area contributed by atoms with Crippen LogP contribution in [0.15, 0.2) is 35.1 Å². The monoisotopic (exact) mass is 370 g/mol. The third-order valence-electron chi connectivity index (χ3n) is 3.17. The largest absolute Gasteiger partial charge is 0.573 e. The van der Waals surface area contributed by atoms with E-state index in [1.54, 1.807) is 0 Å². The molecule has 26 heavy (non-hydrogen) atoms. The highest BCUT2D eigenvalue weighted by atomic mass is 19.4. The lowest BCUT2D eigenvalue weighted by Crippen LogP contribution is -2.21. The number of H-pyrrole nitrogens is 1. The summed E-state index contributed by atoms with van der Waals surface area (Å²) in [7, 11) is 0. The number of rotatable bonds is 7. The van der Waals surface area contributed by atoms with Crippen LogP contribution in [-0.2, 0) is 18.0 Å². The first-order chi connectivity index (χ1) is 12.4. The van der Waals surface area contributed by atoms with E-state index < -0.39 is 18.2 Å². The van der Waals surface area contributed by atoms with Gasteiger partial charge in [-0.1, -0.05) is 23.4 Å². The maximum Gasteiger partial charge on any atom is 0.573 e. The van der Waals surface area contributed by atoms with Crippen LogP contribution in [0.2, 0.25) is 0 Å². The SMILES string of the molecule is NC(c1noc(COCc2ncn[nH]2)n1)c1ccccc1OC(F)(F)F. The van der Waals surface area contributed by atoms with Crippen LogP contribution in [0, 0.1) is 0 Å². The normalized spacial score (nSPS) is 12.9. The summed E-state index contributed by atoms with van der Waals surface area (Å²) in [4.78, 5) is 7.91. The Morgan fingerprint density at radius 1 is 1.23 bits per heavy atom. The minimum atomic E-state index is -4.84. The summed E-state index contributed by atoms with van der Waals surface area (Å²) in [6.45, 7) is 0.118. The Bertz CT molecular complexity index is 837. The molecule has 0 aliphatic carbocycles. The molecule has 1 unspecified atom stereocenters. The second-order valence-electron chi connectivity index (χ2n) is 5.03. The van der Waals surface area contributed by atoms with Crippen molar-refractivity contribution in [2.24, 2.45) is 5.73 Å². The summed E-state index contributed by atoms with van der Waals surface area (Å²) in [6, 6.07) is 4.41. The van der Waals surface area contributed by atoms with Crippen molar-refractivity contribution in [3.63, 3.8) is 0 Å². The fraction of sp³-hybridized carbons (Fsp3) is 0.286. The van der Waals surface area contributed by atoms with Crippen molar-refractivity contribution in [3.8, 4) is 5.75 Å². The lowest BCUT2D eigenvalue weighted by Gasteiger charge is -2.15. The third kappa shape index (κ3) is 4.55. The predicted molar refractivity (Wildman–Crippen MR) is 78.3 cm³/mol. The van der Waals surface area contributed by atoms with E-state index in [0.717, 1.165) is 6.07 Å². The molecule has 3 rings (SSSR count). The van der Waals surface area contributed by atoms with Gasteiger partial charge in [0.25, 0.3) is 5.89 Å². The number of para-hydroxylation sites is 1. The van der Waals surface area contributed by atoms with Crippen LogP contribution in [0.1, 0.15) is 29.1 Å². The van der Waals surface area contributed by atoms with E-state index in [2.05, 4.69) is 30.1 Å². The van der Waals surface area contributed by atoms with Gasteiger partial charge in [-0.15, -0.1) is 13.2 Å². The quantitative estimate of drug-likeness (QED) is 0.645. The lowest BCUT2D eigenvalue weighted by molar-refractivity contribution is -0.274. The topological polar surface area (TPSA) is 125 Å². The molecule has 0 aliphatic rings. The number of hydrogen-bond acceptors (Lipinski definition) is 8. The van der Waals surface area contributed by atoms with Gasteiger partial charge in [0.2, 0.25) is 0 Å². The van der Waals surface area contributed by atoms with Gasteiger partial charge in [-0.2, -0.15) is 10.1 Å². The molecule has 0 spiro atoms. The van der Waals surface area contributed by atoms with Crippen LogP contribution in [0.25, 0.3) is 0 Å². The zero-order valence-corrected chi connectivity index (χ0v) is 13.1.